The molecule has 0 aromatic carbocycles. The maximum absolute atomic E-state index is 5.41. The summed E-state index contributed by atoms with van der Waals surface area (Å²) in [5.41, 5.74) is 0. The van der Waals surface area contributed by atoms with E-state index in [1.165, 1.54) is 0 Å². The van der Waals surface area contributed by atoms with Gasteiger partial charge in [-0.15, -0.1) is 0 Å². The second-order valence-electron chi connectivity index (χ2n) is 3.46. The Balaban J connectivity index is 3.59. The van der Waals surface area contributed by atoms with Crippen molar-refractivity contribution in [3.8, 4) is 0 Å². The van der Waals surface area contributed by atoms with Gasteiger partial charge in [0.1, 0.15) is 0 Å². The van der Waals surface area contributed by atoms with Crippen LogP contribution in [-0.2, 0) is 4.65 Å². The van der Waals surface area contributed by atoms with E-state index in [4.69, 9.17) is 4.65 Å². The second kappa shape index (κ2) is 3.26. The van der Waals surface area contributed by atoms with E-state index < -0.39 is 0 Å². The van der Waals surface area contributed by atoms with Crippen LogP contribution in [0.5, 0.6) is 0 Å². The van der Waals surface area contributed by atoms with Gasteiger partial charge in [-0.3, -0.25) is 0 Å². The van der Waals surface area contributed by atoms with E-state index in [1.54, 1.807) is 0 Å². The number of hydrogen-bond acceptors (Lipinski definition) is 1. The van der Waals surface area contributed by atoms with Gasteiger partial charge in [-0.25, -0.2) is 0 Å². The van der Waals surface area contributed by atoms with Crippen LogP contribution in [0.1, 0.15) is 27.7 Å². The van der Waals surface area contributed by atoms with Crippen molar-refractivity contribution < 1.29 is 4.65 Å². The molecule has 0 aliphatic heterocycles. The summed E-state index contributed by atoms with van der Waals surface area (Å²) in [6, 6.07) is 0. The summed E-state index contributed by atoms with van der Waals surface area (Å²) >= 11 is 0. The van der Waals surface area contributed by atoms with Crippen molar-refractivity contribution in [2.24, 2.45) is 0 Å². The summed E-state index contributed by atoms with van der Waals surface area (Å²) in [7, 11) is 0. The highest BCUT2D eigenvalue weighted by atomic mass is 16.4. The molecule has 0 N–H and O–H groups in total. The molecule has 0 amide bonds. The number of rotatable bonds is 2. The molecule has 0 saturated carbocycles. The summed E-state index contributed by atoms with van der Waals surface area (Å²) in [5.74, 6) is 0. The van der Waals surface area contributed by atoms with E-state index in [9.17, 15) is 0 Å². The lowest BCUT2D eigenvalue weighted by molar-refractivity contribution is 0.327. The van der Waals surface area contributed by atoms with Gasteiger partial charge < -0.3 is 4.65 Å². The van der Waals surface area contributed by atoms with Crippen molar-refractivity contribution in [1.29, 1.82) is 0 Å². The van der Waals surface area contributed by atoms with Crippen LogP contribution in [0.4, 0.5) is 0 Å². The molecule has 54 valence electrons. The smallest absolute Gasteiger partial charge is 0.295 e. The lowest BCUT2D eigenvalue weighted by Crippen LogP contribution is -2.25. The van der Waals surface area contributed by atoms with Gasteiger partial charge in [0, 0.05) is 6.61 Å². The molecule has 0 radical (unpaired) electrons. The van der Waals surface area contributed by atoms with Gasteiger partial charge in [0.05, 0.1) is 0 Å². The third-order valence-electron chi connectivity index (χ3n) is 1.64. The van der Waals surface area contributed by atoms with Crippen LogP contribution in [0, 0.1) is 0 Å². The fourth-order valence-electron chi connectivity index (χ4n) is 0.500. The van der Waals surface area contributed by atoms with E-state index in [1.807, 2.05) is 6.92 Å². The molecule has 1 nitrogen and oxygen atoms in total. The number of hydrogen-bond donors (Lipinski definition) is 0. The molecule has 2 heteroatoms. The van der Waals surface area contributed by atoms with Gasteiger partial charge in [0.15, 0.2) is 0 Å². The Labute approximate surface area is 58.9 Å². The van der Waals surface area contributed by atoms with Crippen molar-refractivity contribution in [2.75, 3.05) is 6.61 Å². The topological polar surface area (TPSA) is 9.23 Å². The first-order chi connectivity index (χ1) is 3.98. The van der Waals surface area contributed by atoms with Crippen molar-refractivity contribution >= 4 is 6.92 Å². The Hall–Kier alpha value is 0.0249. The molecular weight excluding hydrogens is 111 g/mol. The van der Waals surface area contributed by atoms with Crippen LogP contribution >= 0.6 is 0 Å². The van der Waals surface area contributed by atoms with Crippen LogP contribution < -0.4 is 0 Å². The molecule has 0 saturated heterocycles. The average molecular weight is 128 g/mol. The minimum absolute atomic E-state index is 0.288. The average Bonchev–Trinajstić information content (AvgIpc) is 1.64. The highest BCUT2D eigenvalue weighted by Gasteiger charge is 2.24. The fraction of sp³-hybridized carbons (Fsp3) is 1.00. The zero-order chi connectivity index (χ0) is 7.49. The summed E-state index contributed by atoms with van der Waals surface area (Å²) in [6.07, 6.45) is 0. The van der Waals surface area contributed by atoms with Crippen molar-refractivity contribution in [2.45, 2.75) is 39.8 Å². The summed E-state index contributed by atoms with van der Waals surface area (Å²) < 4.78 is 5.41. The maximum atomic E-state index is 5.41. The minimum Gasteiger partial charge on any atom is -0.436 e. The third-order valence-corrected chi connectivity index (χ3v) is 1.64. The standard InChI is InChI=1S/C7H17BO/c1-6-9-8(5)7(2,3)4/h6H2,1-5H3. The predicted molar refractivity (Wildman–Crippen MR) is 43.0 cm³/mol. The summed E-state index contributed by atoms with van der Waals surface area (Å²) in [4.78, 5) is 0. The van der Waals surface area contributed by atoms with E-state index in [0.29, 0.717) is 6.92 Å². The van der Waals surface area contributed by atoms with Crippen LogP contribution in [0.15, 0.2) is 0 Å². The molecule has 0 rings (SSSR count). The molecule has 0 aliphatic carbocycles. The minimum atomic E-state index is 0.288. The molecule has 0 bridgehead atoms. The van der Waals surface area contributed by atoms with Gasteiger partial charge >= 0.3 is 0 Å². The molecule has 0 heterocycles. The van der Waals surface area contributed by atoms with E-state index >= 15 is 0 Å². The quantitative estimate of drug-likeness (QED) is 0.519. The highest BCUT2D eigenvalue weighted by Crippen LogP contribution is 2.26. The SMILES string of the molecule is CCOB(C)C(C)(C)C. The monoisotopic (exact) mass is 128 g/mol. The normalized spacial score (nSPS) is 11.7. The van der Waals surface area contributed by atoms with Crippen molar-refractivity contribution in [3.63, 3.8) is 0 Å². The zero-order valence-corrected chi connectivity index (χ0v) is 7.19. The molecule has 0 spiro atoms. The molecular formula is C7H17BO. The molecule has 0 unspecified atom stereocenters. The fourth-order valence-corrected chi connectivity index (χ4v) is 0.500. The largest absolute Gasteiger partial charge is 0.436 e. The molecule has 0 fully saturated rings. The van der Waals surface area contributed by atoms with Crippen LogP contribution in [0.2, 0.25) is 12.1 Å². The first kappa shape index (κ1) is 9.02. The third kappa shape index (κ3) is 3.58. The molecule has 0 aromatic rings. The van der Waals surface area contributed by atoms with E-state index in [2.05, 4.69) is 27.6 Å². The van der Waals surface area contributed by atoms with Crippen LogP contribution in [0.3, 0.4) is 0 Å². The van der Waals surface area contributed by atoms with Gasteiger partial charge in [-0.2, -0.15) is 0 Å². The van der Waals surface area contributed by atoms with E-state index in [-0.39, 0.29) is 5.31 Å². The zero-order valence-electron chi connectivity index (χ0n) is 7.19. The summed E-state index contributed by atoms with van der Waals surface area (Å²) in [5, 5.41) is 0.288. The van der Waals surface area contributed by atoms with Crippen LogP contribution in [0.25, 0.3) is 0 Å². The Morgan fingerprint density at radius 1 is 1.33 bits per heavy atom. The lowest BCUT2D eigenvalue weighted by atomic mass is 9.50. The van der Waals surface area contributed by atoms with Gasteiger partial charge in [0.2, 0.25) is 0 Å². The van der Waals surface area contributed by atoms with Crippen molar-refractivity contribution in [3.05, 3.63) is 0 Å². The van der Waals surface area contributed by atoms with E-state index in [0.717, 1.165) is 6.61 Å². The highest BCUT2D eigenvalue weighted by molar-refractivity contribution is 6.53. The molecule has 9 heavy (non-hydrogen) atoms. The van der Waals surface area contributed by atoms with Crippen molar-refractivity contribution in [1.82, 2.24) is 0 Å². The van der Waals surface area contributed by atoms with Gasteiger partial charge in [0.25, 0.3) is 6.92 Å². The Kier molecular flexibility index (Phi) is 3.27. The van der Waals surface area contributed by atoms with Crippen LogP contribution in [-0.4, -0.2) is 13.5 Å². The molecule has 0 aliphatic rings. The van der Waals surface area contributed by atoms with Gasteiger partial charge in [-0.1, -0.05) is 27.6 Å². The maximum Gasteiger partial charge on any atom is 0.295 e. The molecule has 0 aromatic heterocycles. The first-order valence-corrected chi connectivity index (χ1v) is 3.60. The Morgan fingerprint density at radius 2 is 1.78 bits per heavy atom. The van der Waals surface area contributed by atoms with Gasteiger partial charge in [-0.05, 0) is 12.2 Å². The molecule has 0 atom stereocenters. The summed E-state index contributed by atoms with van der Waals surface area (Å²) in [6.45, 7) is 11.9. The second-order valence-corrected chi connectivity index (χ2v) is 3.46. The Morgan fingerprint density at radius 3 is 1.89 bits per heavy atom. The Bertz CT molecular complexity index is 75.5. The first-order valence-electron chi connectivity index (χ1n) is 3.60. The lowest BCUT2D eigenvalue weighted by Gasteiger charge is -2.22. The predicted octanol–water partition coefficient (Wildman–Crippen LogP) is 2.44.